The van der Waals surface area contributed by atoms with Gasteiger partial charge in [0.15, 0.2) is 0 Å². The van der Waals surface area contributed by atoms with Crippen LogP contribution in [0.5, 0.6) is 0 Å². The molecule has 0 unspecified atom stereocenters. The van der Waals surface area contributed by atoms with E-state index in [-0.39, 0.29) is 5.91 Å². The molecule has 1 aromatic rings. The van der Waals surface area contributed by atoms with Crippen LogP contribution in [0, 0.1) is 6.92 Å². The molecule has 1 amide bonds. The molecule has 0 saturated carbocycles. The molecule has 0 radical (unpaired) electrons. The lowest BCUT2D eigenvalue weighted by atomic mass is 9.97. The van der Waals surface area contributed by atoms with Crippen LogP contribution in [0.25, 0.3) is 0 Å². The van der Waals surface area contributed by atoms with Crippen molar-refractivity contribution in [3.05, 3.63) is 23.3 Å². The van der Waals surface area contributed by atoms with Gasteiger partial charge in [-0.15, -0.1) is 0 Å². The van der Waals surface area contributed by atoms with Gasteiger partial charge in [-0.1, -0.05) is 13.8 Å². The second-order valence-corrected chi connectivity index (χ2v) is 5.41. The van der Waals surface area contributed by atoms with Crippen LogP contribution in [0.15, 0.2) is 12.1 Å². The van der Waals surface area contributed by atoms with Crippen molar-refractivity contribution in [3.63, 3.8) is 0 Å². The third-order valence-corrected chi connectivity index (χ3v) is 3.72. The molecule has 18 heavy (non-hydrogen) atoms. The van der Waals surface area contributed by atoms with Gasteiger partial charge in [0.05, 0.1) is 0 Å². The molecular weight excluding hydrogens is 224 g/mol. The summed E-state index contributed by atoms with van der Waals surface area (Å²) in [7, 11) is 0. The summed E-state index contributed by atoms with van der Waals surface area (Å²) in [4.78, 5) is 13.9. The van der Waals surface area contributed by atoms with Crippen LogP contribution in [0.2, 0.25) is 0 Å². The number of carbonyl (C=O) groups is 1. The number of rotatable bonds is 2. The number of anilines is 2. The molecule has 0 aromatic heterocycles. The molecule has 98 valence electrons. The Morgan fingerprint density at radius 3 is 2.61 bits per heavy atom. The van der Waals surface area contributed by atoms with E-state index in [1.165, 1.54) is 5.56 Å². The van der Waals surface area contributed by atoms with Crippen molar-refractivity contribution in [3.8, 4) is 0 Å². The lowest BCUT2D eigenvalue weighted by Crippen LogP contribution is -2.35. The van der Waals surface area contributed by atoms with E-state index in [0.29, 0.717) is 12.3 Å². The zero-order valence-corrected chi connectivity index (χ0v) is 11.5. The molecule has 0 spiro atoms. The highest BCUT2D eigenvalue weighted by Gasteiger charge is 2.22. The Balaban J connectivity index is 2.45. The Hall–Kier alpha value is -1.51. The fourth-order valence-corrected chi connectivity index (χ4v) is 2.42. The van der Waals surface area contributed by atoms with Gasteiger partial charge in [-0.25, -0.2) is 0 Å². The van der Waals surface area contributed by atoms with Gasteiger partial charge in [0.2, 0.25) is 5.91 Å². The molecule has 2 rings (SSSR count). The van der Waals surface area contributed by atoms with Crippen LogP contribution in [-0.2, 0) is 4.79 Å². The number of nitrogens with two attached hydrogens (primary N) is 1. The third-order valence-electron chi connectivity index (χ3n) is 3.72. The predicted molar refractivity (Wildman–Crippen MR) is 75.9 cm³/mol. The van der Waals surface area contributed by atoms with Gasteiger partial charge < -0.3 is 10.6 Å². The number of nitrogens with zero attached hydrogens (tertiary/aromatic N) is 1. The maximum atomic E-state index is 12.0. The summed E-state index contributed by atoms with van der Waals surface area (Å²) >= 11 is 0. The first-order valence-corrected chi connectivity index (χ1v) is 6.71. The molecular formula is C15H22N2O. The summed E-state index contributed by atoms with van der Waals surface area (Å²) in [5, 5.41) is 0. The molecule has 1 fully saturated rings. The van der Waals surface area contributed by atoms with E-state index in [1.54, 1.807) is 0 Å². The maximum absolute atomic E-state index is 12.0. The van der Waals surface area contributed by atoms with Gasteiger partial charge in [0, 0.05) is 24.3 Å². The highest BCUT2D eigenvalue weighted by atomic mass is 16.2. The van der Waals surface area contributed by atoms with Crippen LogP contribution in [0.4, 0.5) is 11.4 Å². The largest absolute Gasteiger partial charge is 0.398 e. The first kappa shape index (κ1) is 12.9. The van der Waals surface area contributed by atoms with Gasteiger partial charge in [-0.2, -0.15) is 0 Å². The SMILES string of the molecule is Cc1c(N)cc(C(C)C)cc1N1CCCCC1=O. The van der Waals surface area contributed by atoms with Gasteiger partial charge in [-0.05, 0) is 48.9 Å². The van der Waals surface area contributed by atoms with Crippen molar-refractivity contribution in [2.24, 2.45) is 0 Å². The van der Waals surface area contributed by atoms with Gasteiger partial charge in [0.1, 0.15) is 0 Å². The molecule has 1 aliphatic heterocycles. The van der Waals surface area contributed by atoms with Crippen LogP contribution in [0.1, 0.15) is 50.2 Å². The average Bonchev–Trinajstić information content (AvgIpc) is 2.33. The summed E-state index contributed by atoms with van der Waals surface area (Å²) in [6.45, 7) is 7.11. The normalized spacial score (nSPS) is 16.4. The van der Waals surface area contributed by atoms with Crippen LogP contribution < -0.4 is 10.6 Å². The molecule has 0 aliphatic carbocycles. The number of piperidine rings is 1. The monoisotopic (exact) mass is 246 g/mol. The van der Waals surface area contributed by atoms with Crippen molar-refractivity contribution in [2.45, 2.75) is 46.0 Å². The van der Waals surface area contributed by atoms with E-state index in [1.807, 2.05) is 17.9 Å². The summed E-state index contributed by atoms with van der Waals surface area (Å²) < 4.78 is 0. The first-order chi connectivity index (χ1) is 8.50. The van der Waals surface area contributed by atoms with Crippen molar-refractivity contribution < 1.29 is 4.79 Å². The molecule has 1 saturated heterocycles. The molecule has 0 bridgehead atoms. The van der Waals surface area contributed by atoms with E-state index in [0.717, 1.165) is 36.3 Å². The van der Waals surface area contributed by atoms with Gasteiger partial charge in [-0.3, -0.25) is 4.79 Å². The van der Waals surface area contributed by atoms with E-state index in [4.69, 9.17) is 5.73 Å². The minimum absolute atomic E-state index is 0.227. The third kappa shape index (κ3) is 2.35. The Bertz CT molecular complexity index is 466. The summed E-state index contributed by atoms with van der Waals surface area (Å²) in [6, 6.07) is 4.15. The fraction of sp³-hybridized carbons (Fsp3) is 0.533. The van der Waals surface area contributed by atoms with Crippen LogP contribution in [0.3, 0.4) is 0 Å². The Labute approximate surface area is 109 Å². The number of hydrogen-bond donors (Lipinski definition) is 1. The molecule has 0 atom stereocenters. The Kier molecular flexibility index (Phi) is 3.60. The molecule has 1 aromatic carbocycles. The van der Waals surface area contributed by atoms with Crippen LogP contribution in [-0.4, -0.2) is 12.5 Å². The predicted octanol–water partition coefficient (Wildman–Crippen LogP) is 3.22. The molecule has 2 N–H and O–H groups in total. The number of amides is 1. The van der Waals surface area contributed by atoms with E-state index in [2.05, 4.69) is 19.9 Å². The minimum Gasteiger partial charge on any atom is -0.398 e. The number of carbonyl (C=O) groups excluding carboxylic acids is 1. The van der Waals surface area contributed by atoms with Crippen molar-refractivity contribution in [1.29, 1.82) is 0 Å². The fourth-order valence-electron chi connectivity index (χ4n) is 2.42. The number of nitrogen functional groups attached to an aromatic ring is 1. The summed E-state index contributed by atoms with van der Waals surface area (Å²) in [6.07, 6.45) is 2.75. The summed E-state index contributed by atoms with van der Waals surface area (Å²) in [5.41, 5.74) is 10.1. The highest BCUT2D eigenvalue weighted by Crippen LogP contribution is 2.32. The average molecular weight is 246 g/mol. The number of benzene rings is 1. The Morgan fingerprint density at radius 2 is 2.00 bits per heavy atom. The smallest absolute Gasteiger partial charge is 0.226 e. The first-order valence-electron chi connectivity index (χ1n) is 6.71. The Morgan fingerprint density at radius 1 is 1.28 bits per heavy atom. The quantitative estimate of drug-likeness (QED) is 0.814. The lowest BCUT2D eigenvalue weighted by molar-refractivity contribution is -0.119. The topological polar surface area (TPSA) is 46.3 Å². The minimum atomic E-state index is 0.227. The summed E-state index contributed by atoms with van der Waals surface area (Å²) in [5.74, 6) is 0.649. The second-order valence-electron chi connectivity index (χ2n) is 5.41. The zero-order chi connectivity index (χ0) is 13.3. The zero-order valence-electron chi connectivity index (χ0n) is 11.5. The maximum Gasteiger partial charge on any atom is 0.226 e. The standard InChI is InChI=1S/C15H22N2O/c1-10(2)12-8-13(16)11(3)14(9-12)17-7-5-4-6-15(17)18/h8-10H,4-7,16H2,1-3H3. The van der Waals surface area contributed by atoms with Crippen molar-refractivity contribution in [2.75, 3.05) is 17.2 Å². The number of hydrogen-bond acceptors (Lipinski definition) is 2. The second kappa shape index (κ2) is 5.01. The highest BCUT2D eigenvalue weighted by molar-refractivity contribution is 5.95. The molecule has 3 nitrogen and oxygen atoms in total. The molecule has 1 aliphatic rings. The van der Waals surface area contributed by atoms with Crippen LogP contribution >= 0.6 is 0 Å². The van der Waals surface area contributed by atoms with E-state index < -0.39 is 0 Å². The van der Waals surface area contributed by atoms with Crippen molar-refractivity contribution in [1.82, 2.24) is 0 Å². The van der Waals surface area contributed by atoms with Gasteiger partial charge >= 0.3 is 0 Å². The lowest BCUT2D eigenvalue weighted by Gasteiger charge is -2.29. The van der Waals surface area contributed by atoms with Crippen molar-refractivity contribution >= 4 is 17.3 Å². The molecule has 3 heteroatoms. The van der Waals surface area contributed by atoms with Gasteiger partial charge in [0.25, 0.3) is 0 Å². The van der Waals surface area contributed by atoms with E-state index in [9.17, 15) is 4.79 Å². The molecule has 1 heterocycles. The van der Waals surface area contributed by atoms with E-state index >= 15 is 0 Å².